The third-order valence-corrected chi connectivity index (χ3v) is 3.88. The molecule has 0 heterocycles. The van der Waals surface area contributed by atoms with Gasteiger partial charge in [0.1, 0.15) is 5.78 Å². The van der Waals surface area contributed by atoms with Crippen molar-refractivity contribution in [2.24, 2.45) is 5.92 Å². The summed E-state index contributed by atoms with van der Waals surface area (Å²) in [5, 5.41) is 0. The van der Waals surface area contributed by atoms with E-state index in [4.69, 9.17) is 0 Å². The number of hydrogen-bond donors (Lipinski definition) is 0. The normalized spacial score (nSPS) is 18.6. The maximum absolute atomic E-state index is 13.9. The van der Waals surface area contributed by atoms with Crippen LogP contribution in [0.5, 0.6) is 0 Å². The Bertz CT molecular complexity index is 296. The maximum Gasteiger partial charge on any atom is 0.312 e. The number of carbonyl (C=O) groups excluding carboxylic acids is 1. The highest BCUT2D eigenvalue weighted by Crippen LogP contribution is 2.48. The molecule has 1 saturated carbocycles. The molecule has 0 unspecified atom stereocenters. The number of alkyl halides is 4. The average Bonchev–Trinajstić information content (AvgIpc) is 2.35. The molecule has 0 radical (unpaired) electrons. The van der Waals surface area contributed by atoms with Gasteiger partial charge < -0.3 is 4.79 Å². The van der Waals surface area contributed by atoms with E-state index in [1.54, 1.807) is 0 Å². The van der Waals surface area contributed by atoms with Gasteiger partial charge in [-0.15, -0.1) is 0 Å². The summed E-state index contributed by atoms with van der Waals surface area (Å²) in [6.45, 7) is 1.37. The van der Waals surface area contributed by atoms with E-state index in [9.17, 15) is 22.4 Å². The summed E-state index contributed by atoms with van der Waals surface area (Å²) in [6, 6.07) is 0. The van der Waals surface area contributed by atoms with Gasteiger partial charge in [0.05, 0.1) is 0 Å². The lowest BCUT2D eigenvalue weighted by Crippen LogP contribution is -2.47. The minimum absolute atomic E-state index is 0.0328. The molecule has 1 nitrogen and oxygen atoms in total. The van der Waals surface area contributed by atoms with Gasteiger partial charge in [0.15, 0.2) is 0 Å². The van der Waals surface area contributed by atoms with Crippen LogP contribution in [-0.4, -0.2) is 17.6 Å². The molecule has 0 amide bonds. The van der Waals surface area contributed by atoms with Gasteiger partial charge in [0, 0.05) is 18.8 Å². The Morgan fingerprint density at radius 2 is 1.63 bits per heavy atom. The molecule has 0 aromatic carbocycles. The Morgan fingerprint density at radius 1 is 1.05 bits per heavy atom. The van der Waals surface area contributed by atoms with Gasteiger partial charge >= 0.3 is 11.8 Å². The first-order chi connectivity index (χ1) is 8.77. The summed E-state index contributed by atoms with van der Waals surface area (Å²) in [6.07, 6.45) is 2.04. The van der Waals surface area contributed by atoms with Crippen molar-refractivity contribution >= 4 is 5.78 Å². The molecule has 0 aromatic rings. The van der Waals surface area contributed by atoms with Crippen LogP contribution in [0.1, 0.15) is 64.7 Å². The third kappa shape index (κ3) is 4.46. The van der Waals surface area contributed by atoms with Crippen LogP contribution in [0.25, 0.3) is 0 Å². The molecule has 1 rings (SSSR count). The van der Waals surface area contributed by atoms with Crippen LogP contribution in [-0.2, 0) is 4.79 Å². The van der Waals surface area contributed by atoms with Crippen LogP contribution in [0, 0.1) is 5.92 Å². The number of Topliss-reactive ketones (excluding diaryl/α,β-unsaturated/α-hetero) is 1. The maximum atomic E-state index is 13.9. The molecule has 0 N–H and O–H groups in total. The van der Waals surface area contributed by atoms with Crippen molar-refractivity contribution in [2.75, 3.05) is 0 Å². The zero-order valence-electron chi connectivity index (χ0n) is 11.4. The SMILES string of the molecule is CC(=O)CCCCC(F)(F)C(F)(F)C1CCCCC1. The second kappa shape index (κ2) is 6.71. The highest BCUT2D eigenvalue weighted by molar-refractivity contribution is 5.75. The fraction of sp³-hybridized carbons (Fsp3) is 0.929. The zero-order chi connectivity index (χ0) is 14.5. The molecular formula is C14H22F4O. The molecule has 0 atom stereocenters. The van der Waals surface area contributed by atoms with Gasteiger partial charge in [-0.3, -0.25) is 0 Å². The van der Waals surface area contributed by atoms with Crippen LogP contribution in [0.4, 0.5) is 17.6 Å². The number of hydrogen-bond acceptors (Lipinski definition) is 1. The Morgan fingerprint density at radius 3 is 2.16 bits per heavy atom. The molecule has 1 aliphatic rings. The largest absolute Gasteiger partial charge is 0.312 e. The lowest BCUT2D eigenvalue weighted by atomic mass is 9.81. The summed E-state index contributed by atoms with van der Waals surface area (Å²) >= 11 is 0. The lowest BCUT2D eigenvalue weighted by Gasteiger charge is -2.35. The van der Waals surface area contributed by atoms with Crippen molar-refractivity contribution in [3.05, 3.63) is 0 Å². The fourth-order valence-corrected chi connectivity index (χ4v) is 2.65. The van der Waals surface area contributed by atoms with Crippen LogP contribution in [0.2, 0.25) is 0 Å². The summed E-state index contributed by atoms with van der Waals surface area (Å²) in [4.78, 5) is 10.7. The molecule has 1 fully saturated rings. The molecule has 0 saturated heterocycles. The van der Waals surface area contributed by atoms with Gasteiger partial charge in [-0.1, -0.05) is 19.3 Å². The quantitative estimate of drug-likeness (QED) is 0.475. The Balaban J connectivity index is 2.50. The van der Waals surface area contributed by atoms with Gasteiger partial charge in [-0.25, -0.2) is 0 Å². The van der Waals surface area contributed by atoms with Crippen molar-refractivity contribution in [2.45, 2.75) is 76.6 Å². The first-order valence-electron chi connectivity index (χ1n) is 7.02. The first-order valence-corrected chi connectivity index (χ1v) is 7.02. The van der Waals surface area contributed by atoms with Crippen LogP contribution in [0.15, 0.2) is 0 Å². The van der Waals surface area contributed by atoms with E-state index in [1.165, 1.54) is 6.92 Å². The van der Waals surface area contributed by atoms with E-state index >= 15 is 0 Å². The molecule has 5 heteroatoms. The molecule has 0 bridgehead atoms. The van der Waals surface area contributed by atoms with Gasteiger partial charge in [0.25, 0.3) is 0 Å². The second-order valence-electron chi connectivity index (χ2n) is 5.57. The Hall–Kier alpha value is -0.610. The third-order valence-electron chi connectivity index (χ3n) is 3.88. The summed E-state index contributed by atoms with van der Waals surface area (Å²) in [5.74, 6) is -9.15. The van der Waals surface area contributed by atoms with Crippen molar-refractivity contribution < 1.29 is 22.4 Å². The standard InChI is InChI=1S/C14H22F4O/c1-11(19)7-5-6-10-13(15,16)14(17,18)12-8-3-2-4-9-12/h12H,2-10H2,1H3. The molecule has 112 valence electrons. The second-order valence-corrected chi connectivity index (χ2v) is 5.57. The Kier molecular flexibility index (Phi) is 5.81. The van der Waals surface area contributed by atoms with E-state index in [2.05, 4.69) is 0 Å². The average molecular weight is 282 g/mol. The minimum Gasteiger partial charge on any atom is -0.300 e. The van der Waals surface area contributed by atoms with Crippen LogP contribution in [0.3, 0.4) is 0 Å². The number of rotatable bonds is 7. The van der Waals surface area contributed by atoms with Gasteiger partial charge in [-0.05, 0) is 32.6 Å². The topological polar surface area (TPSA) is 17.1 Å². The predicted molar refractivity (Wildman–Crippen MR) is 65.6 cm³/mol. The van der Waals surface area contributed by atoms with E-state index < -0.39 is 24.2 Å². The molecule has 1 aliphatic carbocycles. The molecular weight excluding hydrogens is 260 g/mol. The highest BCUT2D eigenvalue weighted by Gasteiger charge is 2.59. The highest BCUT2D eigenvalue weighted by atomic mass is 19.3. The van der Waals surface area contributed by atoms with E-state index in [0.717, 1.165) is 6.42 Å². The van der Waals surface area contributed by atoms with Crippen molar-refractivity contribution in [3.63, 3.8) is 0 Å². The summed E-state index contributed by atoms with van der Waals surface area (Å²) in [5.41, 5.74) is 0. The number of halogens is 4. The van der Waals surface area contributed by atoms with Gasteiger partial charge in [0.2, 0.25) is 0 Å². The van der Waals surface area contributed by atoms with Crippen molar-refractivity contribution in [1.82, 2.24) is 0 Å². The smallest absolute Gasteiger partial charge is 0.300 e. The summed E-state index contributed by atoms with van der Waals surface area (Å²) in [7, 11) is 0. The minimum atomic E-state index is -3.95. The Labute approximate surface area is 111 Å². The van der Waals surface area contributed by atoms with Crippen LogP contribution < -0.4 is 0 Å². The zero-order valence-corrected chi connectivity index (χ0v) is 11.4. The molecule has 19 heavy (non-hydrogen) atoms. The number of unbranched alkanes of at least 4 members (excludes halogenated alkanes) is 1. The van der Waals surface area contributed by atoms with Crippen molar-refractivity contribution in [3.8, 4) is 0 Å². The monoisotopic (exact) mass is 282 g/mol. The van der Waals surface area contributed by atoms with E-state index in [-0.39, 0.29) is 37.9 Å². The fourth-order valence-electron chi connectivity index (χ4n) is 2.65. The van der Waals surface area contributed by atoms with Crippen LogP contribution >= 0.6 is 0 Å². The van der Waals surface area contributed by atoms with Gasteiger partial charge in [-0.2, -0.15) is 17.6 Å². The lowest BCUT2D eigenvalue weighted by molar-refractivity contribution is -0.244. The van der Waals surface area contributed by atoms with Crippen molar-refractivity contribution in [1.29, 1.82) is 0 Å². The first kappa shape index (κ1) is 16.4. The van der Waals surface area contributed by atoms with E-state index in [0.29, 0.717) is 12.8 Å². The molecule has 0 aliphatic heterocycles. The number of ketones is 1. The predicted octanol–water partition coefficient (Wildman–Crippen LogP) is 4.99. The molecule has 0 aromatic heterocycles. The van der Waals surface area contributed by atoms with E-state index in [1.807, 2.05) is 0 Å². The summed E-state index contributed by atoms with van der Waals surface area (Å²) < 4.78 is 55.1. The number of carbonyl (C=O) groups is 1. The molecule has 0 spiro atoms.